The molecule has 1 fully saturated rings. The number of piperazine rings is 1. The van der Waals surface area contributed by atoms with E-state index in [-0.39, 0.29) is 17.7 Å². The van der Waals surface area contributed by atoms with Gasteiger partial charge < -0.3 is 23.3 Å². The highest BCUT2D eigenvalue weighted by Crippen LogP contribution is 2.39. The minimum absolute atomic E-state index is 0.0498. The van der Waals surface area contributed by atoms with Crippen molar-refractivity contribution < 1.29 is 18.7 Å². The summed E-state index contributed by atoms with van der Waals surface area (Å²) in [5.74, 6) is -0.107. The Kier molecular flexibility index (Phi) is 10.1. The fourth-order valence-corrected chi connectivity index (χ4v) is 8.35. The molecule has 10 heteroatoms. The van der Waals surface area contributed by atoms with E-state index >= 15 is 0 Å². The number of anilines is 2. The molecule has 1 saturated heterocycles. The summed E-state index contributed by atoms with van der Waals surface area (Å²) in [4.78, 5) is 32.0. The van der Waals surface area contributed by atoms with Crippen molar-refractivity contribution in [2.45, 2.75) is 38.1 Å². The molecule has 0 N–H and O–H groups in total. The normalized spacial score (nSPS) is 14.9. The number of aryl methyl sites for hydroxylation is 1. The van der Waals surface area contributed by atoms with E-state index in [9.17, 15) is 9.59 Å². The molecule has 2 aromatic heterocycles. The average Bonchev–Trinajstić information content (AvgIpc) is 3.65. The molecule has 0 radical (unpaired) electrons. The Morgan fingerprint density at radius 2 is 1.85 bits per heavy atom. The third kappa shape index (κ3) is 6.84. The van der Waals surface area contributed by atoms with E-state index in [1.807, 2.05) is 41.5 Å². The van der Waals surface area contributed by atoms with Crippen LogP contribution in [0.4, 0.5) is 11.4 Å². The molecule has 1 unspecified atom stereocenters. The van der Waals surface area contributed by atoms with Crippen molar-refractivity contribution in [1.29, 1.82) is 0 Å². The second kappa shape index (κ2) is 14.4. The molecule has 1 aliphatic heterocycles. The van der Waals surface area contributed by atoms with Crippen molar-refractivity contribution in [3.8, 4) is 0 Å². The number of benzene rings is 3. The zero-order chi connectivity index (χ0) is 32.2. The Labute approximate surface area is 286 Å². The number of fused-ring (bicyclic) bond motifs is 1. The molecule has 238 valence electrons. The number of amides is 1. The summed E-state index contributed by atoms with van der Waals surface area (Å²) >= 11 is 6.69. The Bertz CT molecular complexity index is 1840. The highest BCUT2D eigenvalue weighted by molar-refractivity contribution is 9.10. The SMILES string of the molecule is CCOC(=O)c1oc2ccc(SN(CCc3ccccc3)c3ccccc3N3CCN(C(=O)c4sccc4Br)C(C)C3)cc2c1C. The smallest absolute Gasteiger partial charge is 0.374 e. The molecular formula is C36H36BrN3O4S2. The lowest BCUT2D eigenvalue weighted by atomic mass is 10.1. The monoisotopic (exact) mass is 717 g/mol. The Morgan fingerprint density at radius 1 is 1.07 bits per heavy atom. The number of nitrogens with zero attached hydrogens (tertiary/aromatic N) is 3. The number of hydrogen-bond acceptors (Lipinski definition) is 8. The summed E-state index contributed by atoms with van der Waals surface area (Å²) in [6, 6.07) is 27.1. The Balaban J connectivity index is 1.28. The first-order valence-corrected chi connectivity index (χ1v) is 17.9. The molecule has 46 heavy (non-hydrogen) atoms. The molecule has 5 aromatic rings. The van der Waals surface area contributed by atoms with Crippen LogP contribution in [0.2, 0.25) is 0 Å². The third-order valence-corrected chi connectivity index (χ3v) is 11.1. The Morgan fingerprint density at radius 3 is 2.59 bits per heavy atom. The number of carbonyl (C=O) groups is 2. The van der Waals surface area contributed by atoms with E-state index in [0.29, 0.717) is 18.7 Å². The van der Waals surface area contributed by atoms with Crippen LogP contribution in [0, 0.1) is 6.92 Å². The van der Waals surface area contributed by atoms with Crippen LogP contribution in [0.25, 0.3) is 11.0 Å². The van der Waals surface area contributed by atoms with Gasteiger partial charge in [0.15, 0.2) is 0 Å². The molecule has 1 amide bonds. The van der Waals surface area contributed by atoms with Crippen LogP contribution >= 0.6 is 39.2 Å². The number of furan rings is 1. The zero-order valence-corrected chi connectivity index (χ0v) is 29.3. The predicted octanol–water partition coefficient (Wildman–Crippen LogP) is 8.85. The summed E-state index contributed by atoms with van der Waals surface area (Å²) in [6.45, 7) is 9.02. The quantitative estimate of drug-likeness (QED) is 0.106. The van der Waals surface area contributed by atoms with Crippen molar-refractivity contribution in [3.63, 3.8) is 0 Å². The van der Waals surface area contributed by atoms with Gasteiger partial charge in [0.1, 0.15) is 10.5 Å². The topological polar surface area (TPSA) is 66.2 Å². The van der Waals surface area contributed by atoms with E-state index in [2.05, 4.69) is 86.7 Å². The molecule has 0 spiro atoms. The lowest BCUT2D eigenvalue weighted by Gasteiger charge is -2.42. The van der Waals surface area contributed by atoms with Crippen molar-refractivity contribution in [1.82, 2.24) is 4.90 Å². The van der Waals surface area contributed by atoms with Crippen LogP contribution in [0.3, 0.4) is 0 Å². The summed E-state index contributed by atoms with van der Waals surface area (Å²) in [6.07, 6.45) is 0.872. The molecule has 0 saturated carbocycles. The van der Waals surface area contributed by atoms with Crippen molar-refractivity contribution >= 4 is 73.4 Å². The fourth-order valence-electron chi connectivity index (χ4n) is 5.86. The van der Waals surface area contributed by atoms with E-state index in [0.717, 1.165) is 62.6 Å². The molecular weight excluding hydrogens is 682 g/mol. The molecule has 1 aliphatic rings. The molecule has 6 rings (SSSR count). The molecule has 0 bridgehead atoms. The first-order valence-electron chi connectivity index (χ1n) is 15.4. The van der Waals surface area contributed by atoms with Gasteiger partial charge in [0.05, 0.1) is 18.0 Å². The highest BCUT2D eigenvalue weighted by atomic mass is 79.9. The zero-order valence-electron chi connectivity index (χ0n) is 26.1. The predicted molar refractivity (Wildman–Crippen MR) is 191 cm³/mol. The van der Waals surface area contributed by atoms with Crippen LogP contribution in [0.15, 0.2) is 98.0 Å². The second-order valence-corrected chi connectivity index (χ2v) is 14.1. The minimum Gasteiger partial charge on any atom is -0.460 e. The maximum absolute atomic E-state index is 13.4. The van der Waals surface area contributed by atoms with E-state index in [1.165, 1.54) is 16.9 Å². The van der Waals surface area contributed by atoms with Crippen molar-refractivity contribution in [3.05, 3.63) is 110 Å². The number of rotatable bonds is 10. The molecule has 3 aromatic carbocycles. The lowest BCUT2D eigenvalue weighted by molar-refractivity contribution is 0.0491. The van der Waals surface area contributed by atoms with Gasteiger partial charge in [0.2, 0.25) is 5.76 Å². The second-order valence-electron chi connectivity index (χ2n) is 11.2. The van der Waals surface area contributed by atoms with Gasteiger partial charge in [-0.25, -0.2) is 4.79 Å². The summed E-state index contributed by atoms with van der Waals surface area (Å²) in [7, 11) is 0. The maximum Gasteiger partial charge on any atom is 0.374 e. The van der Waals surface area contributed by atoms with Crippen LogP contribution in [0.5, 0.6) is 0 Å². The fraction of sp³-hybridized carbons (Fsp3) is 0.278. The number of carbonyl (C=O) groups excluding carboxylic acids is 2. The van der Waals surface area contributed by atoms with Crippen LogP contribution in [0.1, 0.15) is 45.2 Å². The van der Waals surface area contributed by atoms with Gasteiger partial charge in [-0.3, -0.25) is 4.79 Å². The Hall–Kier alpha value is -3.73. The minimum atomic E-state index is -0.442. The maximum atomic E-state index is 13.4. The molecule has 7 nitrogen and oxygen atoms in total. The van der Waals surface area contributed by atoms with Gasteiger partial charge in [-0.15, -0.1) is 11.3 Å². The van der Waals surface area contributed by atoms with Crippen molar-refractivity contribution in [2.75, 3.05) is 42.0 Å². The third-order valence-electron chi connectivity index (χ3n) is 8.22. The summed E-state index contributed by atoms with van der Waals surface area (Å²) in [5, 5.41) is 2.84. The van der Waals surface area contributed by atoms with E-state index in [1.54, 1.807) is 18.9 Å². The summed E-state index contributed by atoms with van der Waals surface area (Å²) in [5.41, 5.74) is 4.98. The standard InChI is InChI=1S/C36H36BrN3O4S2/c1-4-43-36(42)33-25(3)28-22-27(14-15-32(28)44-33)46-40(18-16-26-10-6-5-7-11-26)31-13-9-8-12-30(31)38-19-20-39(24(2)23-38)35(41)34-29(37)17-21-45-34/h5-15,17,21-22,24H,4,16,18-20,23H2,1-3H3. The van der Waals surface area contributed by atoms with Gasteiger partial charge in [0.25, 0.3) is 5.91 Å². The average molecular weight is 719 g/mol. The number of ether oxygens (including phenoxy) is 1. The van der Waals surface area contributed by atoms with E-state index < -0.39 is 5.97 Å². The van der Waals surface area contributed by atoms with Gasteiger partial charge in [-0.2, -0.15) is 0 Å². The summed E-state index contributed by atoms with van der Waals surface area (Å²) < 4.78 is 14.3. The van der Waals surface area contributed by atoms with Gasteiger partial charge >= 0.3 is 5.97 Å². The first-order chi connectivity index (χ1) is 22.3. The number of thiophene rings is 1. The molecule has 1 atom stereocenters. The number of halogens is 1. The highest BCUT2D eigenvalue weighted by Gasteiger charge is 2.31. The van der Waals surface area contributed by atoms with Gasteiger partial charge in [-0.05, 0) is 102 Å². The van der Waals surface area contributed by atoms with Gasteiger partial charge in [-0.1, -0.05) is 42.5 Å². The lowest BCUT2D eigenvalue weighted by Crippen LogP contribution is -2.54. The largest absolute Gasteiger partial charge is 0.460 e. The molecule has 3 heterocycles. The van der Waals surface area contributed by atoms with Crippen LogP contribution < -0.4 is 9.21 Å². The number of para-hydroxylation sites is 2. The van der Waals surface area contributed by atoms with Crippen LogP contribution in [-0.2, 0) is 11.2 Å². The number of esters is 1. The first kappa shape index (κ1) is 32.2. The van der Waals surface area contributed by atoms with Gasteiger partial charge in [0, 0.05) is 52.5 Å². The van der Waals surface area contributed by atoms with E-state index in [4.69, 9.17) is 9.15 Å². The molecule has 0 aliphatic carbocycles. The number of hydrogen-bond donors (Lipinski definition) is 0. The van der Waals surface area contributed by atoms with Crippen LogP contribution in [-0.4, -0.2) is 55.6 Å². The van der Waals surface area contributed by atoms with Crippen molar-refractivity contribution in [2.24, 2.45) is 0 Å².